The molecule has 1 aliphatic rings. The van der Waals surface area contributed by atoms with E-state index in [1.165, 1.54) is 19.3 Å². The van der Waals surface area contributed by atoms with Crippen LogP contribution in [0.1, 0.15) is 45.4 Å². The van der Waals surface area contributed by atoms with E-state index in [-0.39, 0.29) is 13.0 Å². The highest BCUT2D eigenvalue weighted by Gasteiger charge is 2.22. The molecular formula is C14H26N2O4. The number of rotatable bonds is 7. The van der Waals surface area contributed by atoms with Gasteiger partial charge >= 0.3 is 12.0 Å². The van der Waals surface area contributed by atoms with Gasteiger partial charge < -0.3 is 20.8 Å². The van der Waals surface area contributed by atoms with E-state index in [4.69, 9.17) is 10.2 Å². The van der Waals surface area contributed by atoms with Crippen molar-refractivity contribution >= 4 is 12.0 Å². The van der Waals surface area contributed by atoms with E-state index in [9.17, 15) is 9.59 Å². The Labute approximate surface area is 119 Å². The molecule has 0 saturated heterocycles. The van der Waals surface area contributed by atoms with E-state index in [0.717, 1.165) is 18.8 Å². The van der Waals surface area contributed by atoms with Crippen molar-refractivity contribution in [2.45, 2.75) is 51.5 Å². The van der Waals surface area contributed by atoms with Gasteiger partial charge in [-0.15, -0.1) is 0 Å². The van der Waals surface area contributed by atoms with Crippen molar-refractivity contribution in [3.8, 4) is 0 Å². The van der Waals surface area contributed by atoms with Gasteiger partial charge in [0, 0.05) is 19.6 Å². The monoisotopic (exact) mass is 286 g/mol. The summed E-state index contributed by atoms with van der Waals surface area (Å²) in [6.45, 7) is 2.54. The standard InChI is InChI=1S/C14H26N2O4/c1-2-10-3-5-11(6-4-10)9-15-14(20)16-12(7-8-17)13(18)19/h10-12,17H,2-9H2,1H3,(H,18,19)(H2,15,16,20)/t10?,11?,12-/m0/s1. The van der Waals surface area contributed by atoms with Crippen molar-refractivity contribution in [1.29, 1.82) is 0 Å². The molecule has 0 unspecified atom stereocenters. The number of hydrogen-bond acceptors (Lipinski definition) is 3. The van der Waals surface area contributed by atoms with Crippen LogP contribution in [-0.4, -0.2) is 41.4 Å². The minimum absolute atomic E-state index is 0.0182. The number of carbonyl (C=O) groups is 2. The molecule has 4 N–H and O–H groups in total. The zero-order valence-electron chi connectivity index (χ0n) is 12.1. The van der Waals surface area contributed by atoms with Gasteiger partial charge in [0.05, 0.1) is 0 Å². The molecule has 1 atom stereocenters. The Bertz CT molecular complexity index is 314. The highest BCUT2D eigenvalue weighted by atomic mass is 16.4. The second kappa shape index (κ2) is 8.79. The number of carboxylic acids is 1. The van der Waals surface area contributed by atoms with Crippen molar-refractivity contribution in [1.82, 2.24) is 10.6 Å². The predicted molar refractivity (Wildman–Crippen MR) is 75.4 cm³/mol. The van der Waals surface area contributed by atoms with Gasteiger partial charge in [0.1, 0.15) is 6.04 Å². The van der Waals surface area contributed by atoms with Gasteiger partial charge in [0.2, 0.25) is 0 Å². The molecule has 20 heavy (non-hydrogen) atoms. The van der Waals surface area contributed by atoms with Crippen LogP contribution in [0.5, 0.6) is 0 Å². The van der Waals surface area contributed by atoms with E-state index in [2.05, 4.69) is 17.6 Å². The lowest BCUT2D eigenvalue weighted by molar-refractivity contribution is -0.139. The molecule has 0 aromatic carbocycles. The first kappa shape index (κ1) is 16.8. The smallest absolute Gasteiger partial charge is 0.326 e. The lowest BCUT2D eigenvalue weighted by atomic mass is 9.81. The van der Waals surface area contributed by atoms with Crippen molar-refractivity contribution in [2.75, 3.05) is 13.2 Å². The van der Waals surface area contributed by atoms with Crippen LogP contribution in [-0.2, 0) is 4.79 Å². The lowest BCUT2D eigenvalue weighted by Crippen LogP contribution is -2.47. The molecule has 2 amide bonds. The third-order valence-electron chi connectivity index (χ3n) is 4.12. The van der Waals surface area contributed by atoms with Crippen LogP contribution >= 0.6 is 0 Å². The van der Waals surface area contributed by atoms with Crippen LogP contribution < -0.4 is 10.6 Å². The number of aliphatic hydroxyl groups excluding tert-OH is 1. The number of carboxylic acid groups (broad SMARTS) is 1. The van der Waals surface area contributed by atoms with E-state index in [1.54, 1.807) is 0 Å². The Morgan fingerprint density at radius 3 is 2.30 bits per heavy atom. The maximum Gasteiger partial charge on any atom is 0.326 e. The van der Waals surface area contributed by atoms with E-state index in [1.807, 2.05) is 0 Å². The molecular weight excluding hydrogens is 260 g/mol. The first-order valence-electron chi connectivity index (χ1n) is 7.44. The quantitative estimate of drug-likeness (QED) is 0.567. The minimum atomic E-state index is -1.13. The number of urea groups is 1. The summed E-state index contributed by atoms with van der Waals surface area (Å²) in [5.74, 6) is 0.184. The van der Waals surface area contributed by atoms with Gasteiger partial charge in [-0.1, -0.05) is 26.2 Å². The third-order valence-corrected chi connectivity index (χ3v) is 4.12. The molecule has 0 aromatic heterocycles. The average molecular weight is 286 g/mol. The molecule has 0 spiro atoms. The van der Waals surface area contributed by atoms with E-state index >= 15 is 0 Å². The summed E-state index contributed by atoms with van der Waals surface area (Å²) < 4.78 is 0. The summed E-state index contributed by atoms with van der Waals surface area (Å²) in [6, 6.07) is -1.50. The number of nitrogens with one attached hydrogen (secondary N) is 2. The third kappa shape index (κ3) is 5.77. The lowest BCUT2D eigenvalue weighted by Gasteiger charge is -2.28. The van der Waals surface area contributed by atoms with E-state index < -0.39 is 18.0 Å². The van der Waals surface area contributed by atoms with Gasteiger partial charge in [-0.3, -0.25) is 0 Å². The fourth-order valence-corrected chi connectivity index (χ4v) is 2.68. The van der Waals surface area contributed by atoms with Crippen LogP contribution in [0.2, 0.25) is 0 Å². The molecule has 1 saturated carbocycles. The summed E-state index contributed by atoms with van der Waals surface area (Å²) in [4.78, 5) is 22.5. The number of hydrogen-bond donors (Lipinski definition) is 4. The fourth-order valence-electron chi connectivity index (χ4n) is 2.68. The maximum absolute atomic E-state index is 11.6. The summed E-state index contributed by atoms with van der Waals surface area (Å²) in [6.07, 6.45) is 5.92. The Morgan fingerprint density at radius 1 is 1.20 bits per heavy atom. The number of aliphatic hydroxyl groups is 1. The van der Waals surface area contributed by atoms with Crippen LogP contribution in [0.15, 0.2) is 0 Å². The zero-order chi connectivity index (χ0) is 15.0. The van der Waals surface area contributed by atoms with Crippen molar-refractivity contribution < 1.29 is 19.8 Å². The van der Waals surface area contributed by atoms with E-state index in [0.29, 0.717) is 12.5 Å². The molecule has 0 bridgehead atoms. The molecule has 6 heteroatoms. The number of amides is 2. The largest absolute Gasteiger partial charge is 0.480 e. The summed E-state index contributed by atoms with van der Waals surface area (Å²) >= 11 is 0. The first-order chi connectivity index (χ1) is 9.56. The molecule has 0 radical (unpaired) electrons. The SMILES string of the molecule is CCC1CCC(CNC(=O)N[C@@H](CCO)C(=O)O)CC1. The summed E-state index contributed by atoms with van der Waals surface area (Å²) in [5.41, 5.74) is 0. The van der Waals surface area contributed by atoms with Crippen LogP contribution in [0.3, 0.4) is 0 Å². The second-order valence-electron chi connectivity index (χ2n) is 5.55. The molecule has 1 fully saturated rings. The molecule has 1 aliphatic carbocycles. The minimum Gasteiger partial charge on any atom is -0.480 e. The van der Waals surface area contributed by atoms with Gasteiger partial charge in [0.25, 0.3) is 0 Å². The van der Waals surface area contributed by atoms with Crippen LogP contribution in [0.25, 0.3) is 0 Å². The number of aliphatic carboxylic acids is 1. The summed E-state index contributed by atoms with van der Waals surface area (Å²) in [7, 11) is 0. The Morgan fingerprint density at radius 2 is 1.80 bits per heavy atom. The molecule has 0 aliphatic heterocycles. The molecule has 1 rings (SSSR count). The van der Waals surface area contributed by atoms with Gasteiger partial charge in [0.15, 0.2) is 0 Å². The van der Waals surface area contributed by atoms with Gasteiger partial charge in [-0.25, -0.2) is 9.59 Å². The molecule has 0 aromatic rings. The Hall–Kier alpha value is -1.30. The number of carbonyl (C=O) groups excluding carboxylic acids is 1. The predicted octanol–water partition coefficient (Wildman–Crippen LogP) is 1.34. The molecule has 116 valence electrons. The molecule has 6 nitrogen and oxygen atoms in total. The normalized spacial score (nSPS) is 23.9. The maximum atomic E-state index is 11.6. The topological polar surface area (TPSA) is 98.7 Å². The zero-order valence-corrected chi connectivity index (χ0v) is 12.1. The fraction of sp³-hybridized carbons (Fsp3) is 0.857. The van der Waals surface area contributed by atoms with Crippen molar-refractivity contribution in [3.05, 3.63) is 0 Å². The van der Waals surface area contributed by atoms with Crippen molar-refractivity contribution in [2.24, 2.45) is 11.8 Å². The van der Waals surface area contributed by atoms with Gasteiger partial charge in [-0.05, 0) is 24.7 Å². The van der Waals surface area contributed by atoms with Crippen LogP contribution in [0.4, 0.5) is 4.79 Å². The first-order valence-corrected chi connectivity index (χ1v) is 7.44. The Balaban J connectivity index is 2.24. The molecule has 0 heterocycles. The van der Waals surface area contributed by atoms with Gasteiger partial charge in [-0.2, -0.15) is 0 Å². The highest BCUT2D eigenvalue weighted by molar-refractivity contribution is 5.82. The van der Waals surface area contributed by atoms with Crippen molar-refractivity contribution in [3.63, 3.8) is 0 Å². The second-order valence-corrected chi connectivity index (χ2v) is 5.55. The Kier molecular flexibility index (Phi) is 7.36. The highest BCUT2D eigenvalue weighted by Crippen LogP contribution is 2.29. The summed E-state index contributed by atoms with van der Waals surface area (Å²) in [5, 5.41) is 22.7. The average Bonchev–Trinajstić information content (AvgIpc) is 2.45. The van der Waals surface area contributed by atoms with Crippen LogP contribution in [0, 0.1) is 11.8 Å².